The summed E-state index contributed by atoms with van der Waals surface area (Å²) in [4.78, 5) is 16.9. The molecule has 72 valence electrons. The number of carbonyl (C=O) groups is 1. The van der Waals surface area contributed by atoms with Crippen molar-refractivity contribution < 1.29 is 9.90 Å². The maximum atomic E-state index is 10.6. The van der Waals surface area contributed by atoms with Gasteiger partial charge in [0.15, 0.2) is 0 Å². The molecule has 0 atom stereocenters. The minimum Gasteiger partial charge on any atom is -0.477 e. The van der Waals surface area contributed by atoms with Crippen LogP contribution >= 0.6 is 11.8 Å². The predicted octanol–water partition coefficient (Wildman–Crippen LogP) is 1.52. The number of rotatable bonds is 2. The highest BCUT2D eigenvalue weighted by atomic mass is 32.2. The van der Waals surface area contributed by atoms with Crippen molar-refractivity contribution in [1.82, 2.24) is 4.98 Å². The zero-order valence-corrected chi connectivity index (χ0v) is 8.07. The van der Waals surface area contributed by atoms with Crippen LogP contribution < -0.4 is 4.90 Å². The van der Waals surface area contributed by atoms with E-state index in [9.17, 15) is 4.79 Å². The van der Waals surface area contributed by atoms with E-state index in [1.165, 1.54) is 11.8 Å². The van der Waals surface area contributed by atoms with Crippen LogP contribution in [0.15, 0.2) is 35.6 Å². The molecule has 0 aromatic carbocycles. The molecule has 0 unspecified atom stereocenters. The number of anilines is 1. The van der Waals surface area contributed by atoms with E-state index in [2.05, 4.69) is 4.98 Å². The van der Waals surface area contributed by atoms with Crippen molar-refractivity contribution in [2.75, 3.05) is 10.8 Å². The number of carboxylic acids is 1. The molecule has 0 saturated carbocycles. The Morgan fingerprint density at radius 1 is 1.64 bits per heavy atom. The molecular weight excluding hydrogens is 200 g/mol. The van der Waals surface area contributed by atoms with Crippen molar-refractivity contribution in [1.29, 1.82) is 0 Å². The van der Waals surface area contributed by atoms with Crippen molar-refractivity contribution in [3.8, 4) is 0 Å². The van der Waals surface area contributed by atoms with Crippen LogP contribution in [-0.2, 0) is 4.79 Å². The first kappa shape index (κ1) is 9.08. The zero-order valence-electron chi connectivity index (χ0n) is 7.25. The van der Waals surface area contributed by atoms with E-state index in [0.717, 1.165) is 5.69 Å². The van der Waals surface area contributed by atoms with Crippen LogP contribution in [0.3, 0.4) is 0 Å². The van der Waals surface area contributed by atoms with Gasteiger partial charge in [0.05, 0.1) is 17.8 Å². The first-order chi connectivity index (χ1) is 6.77. The molecule has 0 amide bonds. The molecular formula is C9H8N2O2S. The molecule has 1 aliphatic rings. The number of pyridine rings is 1. The van der Waals surface area contributed by atoms with Crippen LogP contribution in [0, 0.1) is 0 Å². The zero-order chi connectivity index (χ0) is 9.97. The van der Waals surface area contributed by atoms with Crippen LogP contribution in [0.5, 0.6) is 0 Å². The molecule has 0 aliphatic carbocycles. The lowest BCUT2D eigenvalue weighted by molar-refractivity contribution is -0.131. The molecule has 1 aromatic rings. The van der Waals surface area contributed by atoms with E-state index in [1.807, 2.05) is 17.0 Å². The Morgan fingerprint density at radius 2 is 2.50 bits per heavy atom. The second kappa shape index (κ2) is 3.71. The average molecular weight is 208 g/mol. The van der Waals surface area contributed by atoms with Crippen LogP contribution in [0.25, 0.3) is 0 Å². The molecule has 14 heavy (non-hydrogen) atoms. The van der Waals surface area contributed by atoms with E-state index in [0.29, 0.717) is 10.8 Å². The van der Waals surface area contributed by atoms with Crippen LogP contribution in [0.2, 0.25) is 0 Å². The maximum absolute atomic E-state index is 10.6. The summed E-state index contributed by atoms with van der Waals surface area (Å²) < 4.78 is 0. The Morgan fingerprint density at radius 3 is 3.07 bits per heavy atom. The summed E-state index contributed by atoms with van der Waals surface area (Å²) in [6.07, 6.45) is 5.03. The van der Waals surface area contributed by atoms with E-state index < -0.39 is 5.97 Å². The summed E-state index contributed by atoms with van der Waals surface area (Å²) >= 11 is 1.31. The summed E-state index contributed by atoms with van der Waals surface area (Å²) in [6.45, 7) is 0. The average Bonchev–Trinajstić information content (AvgIpc) is 2.68. The van der Waals surface area contributed by atoms with Gasteiger partial charge in [0.2, 0.25) is 0 Å². The largest absolute Gasteiger partial charge is 0.477 e. The lowest BCUT2D eigenvalue weighted by atomic mass is 10.4. The van der Waals surface area contributed by atoms with Gasteiger partial charge in [0, 0.05) is 12.4 Å². The fourth-order valence-electron chi connectivity index (χ4n) is 1.14. The van der Waals surface area contributed by atoms with E-state index in [1.54, 1.807) is 18.6 Å². The van der Waals surface area contributed by atoms with Gasteiger partial charge in [-0.1, -0.05) is 11.8 Å². The number of aliphatic carboxylic acids is 1. The quantitative estimate of drug-likeness (QED) is 0.798. The smallest absolute Gasteiger partial charge is 0.343 e. The lowest BCUT2D eigenvalue weighted by Crippen LogP contribution is -2.10. The van der Waals surface area contributed by atoms with Gasteiger partial charge >= 0.3 is 5.97 Å². The predicted molar refractivity (Wildman–Crippen MR) is 54.9 cm³/mol. The number of aromatic nitrogens is 1. The molecule has 5 heteroatoms. The van der Waals surface area contributed by atoms with Crippen molar-refractivity contribution in [3.05, 3.63) is 35.6 Å². The number of thioether (sulfide) groups is 1. The molecule has 0 bridgehead atoms. The highest BCUT2D eigenvalue weighted by molar-refractivity contribution is 8.04. The number of hydrogen-bond donors (Lipinski definition) is 1. The summed E-state index contributed by atoms with van der Waals surface area (Å²) in [5.74, 6) is -0.241. The minimum absolute atomic E-state index is 0.369. The third-order valence-corrected chi connectivity index (χ3v) is 2.82. The first-order valence-corrected chi connectivity index (χ1v) is 5.00. The molecule has 0 radical (unpaired) electrons. The molecule has 0 fully saturated rings. The number of carboxylic acid groups (broad SMARTS) is 1. The van der Waals surface area contributed by atoms with Crippen LogP contribution in [0.4, 0.5) is 5.69 Å². The van der Waals surface area contributed by atoms with Crippen LogP contribution in [0.1, 0.15) is 0 Å². The van der Waals surface area contributed by atoms with Gasteiger partial charge in [-0.05, 0) is 12.1 Å². The fourth-order valence-corrected chi connectivity index (χ4v) is 1.97. The molecule has 1 aliphatic heterocycles. The summed E-state index contributed by atoms with van der Waals surface area (Å²) in [5.41, 5.74) is 0.913. The lowest BCUT2D eigenvalue weighted by Gasteiger charge is -2.12. The number of hydrogen-bond acceptors (Lipinski definition) is 4. The fraction of sp³-hybridized carbons (Fsp3) is 0.111. The van der Waals surface area contributed by atoms with Crippen molar-refractivity contribution in [2.45, 2.75) is 0 Å². The molecule has 1 aromatic heterocycles. The third kappa shape index (κ3) is 1.72. The summed E-state index contributed by atoms with van der Waals surface area (Å²) in [5, 5.41) is 8.75. The Bertz CT molecular complexity index is 378. The summed E-state index contributed by atoms with van der Waals surface area (Å²) in [6, 6.07) is 3.72. The normalized spacial score (nSPS) is 15.4. The topological polar surface area (TPSA) is 53.4 Å². The Kier molecular flexibility index (Phi) is 2.41. The highest BCUT2D eigenvalue weighted by Gasteiger charge is 2.19. The van der Waals surface area contributed by atoms with Gasteiger partial charge in [-0.3, -0.25) is 4.98 Å². The Balaban J connectivity index is 2.20. The monoisotopic (exact) mass is 208 g/mol. The molecule has 2 heterocycles. The number of nitrogens with zero attached hydrogens (tertiary/aromatic N) is 2. The van der Waals surface area contributed by atoms with E-state index in [-0.39, 0.29) is 0 Å². The third-order valence-electron chi connectivity index (χ3n) is 1.82. The standard InChI is InChI=1S/C9H8N2O2S/c12-9(13)8-5-11(6-14-8)7-2-1-3-10-4-7/h1-5H,6H2,(H,12,13). The molecule has 0 spiro atoms. The van der Waals surface area contributed by atoms with Crippen molar-refractivity contribution in [2.24, 2.45) is 0 Å². The Labute approximate surface area is 85.3 Å². The van der Waals surface area contributed by atoms with Crippen molar-refractivity contribution >= 4 is 23.4 Å². The SMILES string of the molecule is O=C(O)C1=CN(c2cccnc2)CS1. The maximum Gasteiger partial charge on any atom is 0.343 e. The molecule has 1 N–H and O–H groups in total. The van der Waals surface area contributed by atoms with Gasteiger partial charge in [0.1, 0.15) is 4.91 Å². The molecule has 4 nitrogen and oxygen atoms in total. The second-order valence-corrected chi connectivity index (χ2v) is 3.74. The van der Waals surface area contributed by atoms with Crippen molar-refractivity contribution in [3.63, 3.8) is 0 Å². The second-order valence-electron chi connectivity index (χ2n) is 2.75. The first-order valence-electron chi connectivity index (χ1n) is 4.02. The highest BCUT2D eigenvalue weighted by Crippen LogP contribution is 2.29. The van der Waals surface area contributed by atoms with Gasteiger partial charge in [-0.15, -0.1) is 0 Å². The summed E-state index contributed by atoms with van der Waals surface area (Å²) in [7, 11) is 0. The Hall–Kier alpha value is -1.49. The van der Waals surface area contributed by atoms with E-state index in [4.69, 9.17) is 5.11 Å². The van der Waals surface area contributed by atoms with Crippen LogP contribution in [-0.4, -0.2) is 21.9 Å². The van der Waals surface area contributed by atoms with Gasteiger partial charge in [0.25, 0.3) is 0 Å². The van der Waals surface area contributed by atoms with Gasteiger partial charge in [-0.25, -0.2) is 4.79 Å². The molecule has 0 saturated heterocycles. The van der Waals surface area contributed by atoms with Gasteiger partial charge < -0.3 is 10.0 Å². The van der Waals surface area contributed by atoms with Gasteiger partial charge in [-0.2, -0.15) is 0 Å². The molecule has 2 rings (SSSR count). The minimum atomic E-state index is -0.874. The van der Waals surface area contributed by atoms with E-state index >= 15 is 0 Å².